The van der Waals surface area contributed by atoms with Crippen LogP contribution in [0.2, 0.25) is 0 Å². The fourth-order valence-electron chi connectivity index (χ4n) is 6.70. The zero-order valence-corrected chi connectivity index (χ0v) is 25.4. The molecule has 0 amide bonds. The van der Waals surface area contributed by atoms with E-state index < -0.39 is 15.6 Å². The highest BCUT2D eigenvalue weighted by Gasteiger charge is 2.44. The number of fused-ring (bicyclic) bond motifs is 3. The maximum atomic E-state index is 10.7. The highest BCUT2D eigenvalue weighted by Crippen LogP contribution is 2.50. The molecular formula is C38H33F3O3S. The predicted molar refractivity (Wildman–Crippen MR) is 174 cm³/mol. The molecule has 0 radical (unpaired) electrons. The van der Waals surface area contributed by atoms with E-state index in [1.54, 1.807) is 0 Å². The lowest BCUT2D eigenvalue weighted by Crippen LogP contribution is -2.21. The Morgan fingerprint density at radius 3 is 1.71 bits per heavy atom. The van der Waals surface area contributed by atoms with Gasteiger partial charge >= 0.3 is 15.6 Å². The molecule has 7 heteroatoms. The first-order chi connectivity index (χ1) is 21.6. The number of benzene rings is 5. The van der Waals surface area contributed by atoms with Crippen LogP contribution in [0.3, 0.4) is 0 Å². The molecule has 1 saturated carbocycles. The zero-order chi connectivity index (χ0) is 31.6. The molecule has 3 nitrogen and oxygen atoms in total. The van der Waals surface area contributed by atoms with Gasteiger partial charge in [-0.1, -0.05) is 128 Å². The third kappa shape index (κ3) is 6.46. The molecule has 0 atom stereocenters. The van der Waals surface area contributed by atoms with Gasteiger partial charge in [-0.3, -0.25) is 4.55 Å². The quantitative estimate of drug-likeness (QED) is 0.156. The van der Waals surface area contributed by atoms with Gasteiger partial charge in [0.1, 0.15) is 0 Å². The van der Waals surface area contributed by atoms with Gasteiger partial charge in [-0.2, -0.15) is 21.6 Å². The molecule has 2 aliphatic rings. The molecule has 1 fully saturated rings. The summed E-state index contributed by atoms with van der Waals surface area (Å²) in [5.41, 5.74) is 9.58. The summed E-state index contributed by atoms with van der Waals surface area (Å²) in [5, 5.41) is 0. The van der Waals surface area contributed by atoms with Crippen LogP contribution in [0, 0.1) is 0 Å². The standard InChI is InChI=1S/C37H32.CHF3O3S/c1-4-12-26(13-5-1)27-20-22-28(23-21-27)33-25-34-32-19-11-10-18-31(32)24-35(34)37(30-16-8-3-9-17-30)36(33)29-14-6-2-7-15-29;2-1(3,4)8(5,6)7/h2-3,6-11,14-23,25-26H,1,4-5,12-13,24H2;(H,5,6,7). The Hall–Kier alpha value is -4.20. The SMILES string of the molecule is O=S(=O)(O)C(F)(F)F.c1ccc(-c2c(-c3ccc(C4CCCCC4)cc3)cc3c(c2-c2ccccc2)Cc2ccccc2-3)cc1. The van der Waals surface area contributed by atoms with Crippen LogP contribution >= 0.6 is 0 Å². The van der Waals surface area contributed by atoms with Crippen molar-refractivity contribution in [3.05, 3.63) is 132 Å². The Bertz CT molecular complexity index is 1890. The number of alkyl halides is 3. The van der Waals surface area contributed by atoms with Crippen LogP contribution < -0.4 is 0 Å². The topological polar surface area (TPSA) is 54.4 Å². The summed E-state index contributed by atoms with van der Waals surface area (Å²) in [6.07, 6.45) is 7.79. The monoisotopic (exact) mass is 626 g/mol. The fourth-order valence-corrected chi connectivity index (χ4v) is 6.70. The maximum Gasteiger partial charge on any atom is 0.522 e. The molecular weight excluding hydrogens is 593 g/mol. The number of hydrogen-bond donors (Lipinski definition) is 1. The van der Waals surface area contributed by atoms with E-state index in [-0.39, 0.29) is 0 Å². The molecule has 45 heavy (non-hydrogen) atoms. The molecule has 0 aromatic heterocycles. The average molecular weight is 627 g/mol. The van der Waals surface area contributed by atoms with E-state index in [0.29, 0.717) is 0 Å². The van der Waals surface area contributed by atoms with Gasteiger partial charge in [0.15, 0.2) is 0 Å². The van der Waals surface area contributed by atoms with Crippen LogP contribution in [-0.4, -0.2) is 18.5 Å². The second-order valence-electron chi connectivity index (χ2n) is 11.6. The van der Waals surface area contributed by atoms with E-state index >= 15 is 0 Å². The van der Waals surface area contributed by atoms with Crippen molar-refractivity contribution in [2.75, 3.05) is 0 Å². The minimum atomic E-state index is -5.84. The molecule has 2 aliphatic carbocycles. The third-order valence-electron chi connectivity index (χ3n) is 8.83. The molecule has 7 rings (SSSR count). The van der Waals surface area contributed by atoms with Crippen LogP contribution in [0.1, 0.15) is 54.7 Å². The van der Waals surface area contributed by atoms with Crippen molar-refractivity contribution in [1.82, 2.24) is 0 Å². The van der Waals surface area contributed by atoms with E-state index in [9.17, 15) is 13.2 Å². The summed E-state index contributed by atoms with van der Waals surface area (Å²) >= 11 is 0. The van der Waals surface area contributed by atoms with Crippen LogP contribution in [0.15, 0.2) is 115 Å². The Morgan fingerprint density at radius 2 is 1.13 bits per heavy atom. The van der Waals surface area contributed by atoms with Crippen molar-refractivity contribution in [2.24, 2.45) is 0 Å². The van der Waals surface area contributed by atoms with E-state index in [1.165, 1.54) is 93.3 Å². The molecule has 0 unspecified atom stereocenters. The first kappa shape index (κ1) is 30.8. The summed E-state index contributed by atoms with van der Waals surface area (Å²) in [6.45, 7) is 0. The van der Waals surface area contributed by atoms with Gasteiger partial charge in [0.2, 0.25) is 0 Å². The summed E-state index contributed by atoms with van der Waals surface area (Å²) in [6, 6.07) is 43.0. The smallest absolute Gasteiger partial charge is 0.279 e. The molecule has 0 spiro atoms. The molecule has 1 N–H and O–H groups in total. The van der Waals surface area contributed by atoms with Crippen LogP contribution in [0.5, 0.6) is 0 Å². The Morgan fingerprint density at radius 1 is 0.600 bits per heavy atom. The van der Waals surface area contributed by atoms with Gasteiger partial charge < -0.3 is 0 Å². The van der Waals surface area contributed by atoms with Crippen molar-refractivity contribution >= 4 is 10.1 Å². The molecule has 230 valence electrons. The van der Waals surface area contributed by atoms with Gasteiger partial charge in [-0.15, -0.1) is 0 Å². The highest BCUT2D eigenvalue weighted by molar-refractivity contribution is 7.86. The largest absolute Gasteiger partial charge is 0.522 e. The second kappa shape index (κ2) is 12.7. The Labute approximate surface area is 262 Å². The van der Waals surface area contributed by atoms with E-state index in [2.05, 4.69) is 115 Å². The van der Waals surface area contributed by atoms with Gasteiger partial charge in [0.05, 0.1) is 0 Å². The van der Waals surface area contributed by atoms with Crippen LogP contribution in [0.25, 0.3) is 44.5 Å². The number of hydrogen-bond acceptors (Lipinski definition) is 2. The third-order valence-corrected chi connectivity index (χ3v) is 9.41. The van der Waals surface area contributed by atoms with Crippen molar-refractivity contribution < 1.29 is 26.1 Å². The fraction of sp³-hybridized carbons (Fsp3) is 0.211. The molecule has 5 aromatic carbocycles. The minimum Gasteiger partial charge on any atom is -0.279 e. The van der Waals surface area contributed by atoms with Crippen LogP contribution in [0.4, 0.5) is 13.2 Å². The summed E-state index contributed by atoms with van der Waals surface area (Å²) in [5.74, 6) is 0.725. The van der Waals surface area contributed by atoms with Gasteiger partial charge in [-0.25, -0.2) is 0 Å². The summed E-state index contributed by atoms with van der Waals surface area (Å²) in [4.78, 5) is 0. The minimum absolute atomic E-state index is 0.725. The lowest BCUT2D eigenvalue weighted by molar-refractivity contribution is -0.0510. The maximum absolute atomic E-state index is 10.7. The number of halogens is 3. The number of rotatable bonds is 4. The first-order valence-electron chi connectivity index (χ1n) is 15.1. The predicted octanol–water partition coefficient (Wildman–Crippen LogP) is 10.7. The van der Waals surface area contributed by atoms with Gasteiger partial charge in [0.25, 0.3) is 0 Å². The zero-order valence-electron chi connectivity index (χ0n) is 24.6. The Kier molecular flexibility index (Phi) is 8.67. The Balaban J connectivity index is 0.000000397. The molecule has 0 saturated heterocycles. The lowest BCUT2D eigenvalue weighted by Gasteiger charge is -2.23. The lowest BCUT2D eigenvalue weighted by atomic mass is 9.81. The first-order valence-corrected chi connectivity index (χ1v) is 16.6. The normalized spacial score (nSPS) is 14.7. The van der Waals surface area contributed by atoms with Crippen molar-refractivity contribution in [2.45, 2.75) is 50.0 Å². The van der Waals surface area contributed by atoms with Crippen molar-refractivity contribution in [1.29, 1.82) is 0 Å². The molecule has 0 bridgehead atoms. The molecule has 0 heterocycles. The van der Waals surface area contributed by atoms with Crippen molar-refractivity contribution in [3.63, 3.8) is 0 Å². The van der Waals surface area contributed by atoms with E-state index in [4.69, 9.17) is 13.0 Å². The van der Waals surface area contributed by atoms with Gasteiger partial charge in [-0.05, 0) is 92.4 Å². The summed E-state index contributed by atoms with van der Waals surface area (Å²) < 4.78 is 57.5. The molecule has 0 aliphatic heterocycles. The average Bonchev–Trinajstić information content (AvgIpc) is 3.43. The van der Waals surface area contributed by atoms with Gasteiger partial charge in [0, 0.05) is 0 Å². The van der Waals surface area contributed by atoms with Crippen molar-refractivity contribution in [3.8, 4) is 44.5 Å². The highest BCUT2D eigenvalue weighted by atomic mass is 32.2. The van der Waals surface area contributed by atoms with E-state index in [0.717, 1.165) is 12.3 Å². The van der Waals surface area contributed by atoms with Crippen LogP contribution in [-0.2, 0) is 16.5 Å². The second-order valence-corrected chi connectivity index (χ2v) is 13.1. The molecule has 5 aromatic rings. The summed E-state index contributed by atoms with van der Waals surface area (Å²) in [7, 11) is -5.84. The van der Waals surface area contributed by atoms with E-state index in [1.807, 2.05) is 0 Å².